The smallest absolute Gasteiger partial charge is 0.256 e. The summed E-state index contributed by atoms with van der Waals surface area (Å²) in [6.07, 6.45) is 3.43. The van der Waals surface area contributed by atoms with Crippen molar-refractivity contribution in [2.24, 2.45) is 0 Å². The van der Waals surface area contributed by atoms with Gasteiger partial charge in [-0.05, 0) is 25.8 Å². The summed E-state index contributed by atoms with van der Waals surface area (Å²) in [7, 11) is 0. The van der Waals surface area contributed by atoms with Crippen molar-refractivity contribution in [3.63, 3.8) is 0 Å². The Labute approximate surface area is 167 Å². The van der Waals surface area contributed by atoms with E-state index in [2.05, 4.69) is 26.7 Å². The number of nitrogens with one attached hydrogen (secondary N) is 1. The van der Waals surface area contributed by atoms with Crippen LogP contribution in [0.25, 0.3) is 10.8 Å². The second-order valence-electron chi connectivity index (χ2n) is 7.84. The molecule has 1 fully saturated rings. The average Bonchev–Trinajstić information content (AvgIpc) is 3.19. The number of rotatable bonds is 2. The summed E-state index contributed by atoms with van der Waals surface area (Å²) in [6, 6.07) is 7.28. The fourth-order valence-corrected chi connectivity index (χ4v) is 4.51. The predicted octanol–water partition coefficient (Wildman–Crippen LogP) is 2.23. The molecule has 1 saturated heterocycles. The molecule has 3 aromatic rings. The number of nitrogens with zero attached hydrogens (tertiary/aromatic N) is 4. The Morgan fingerprint density at radius 1 is 1.17 bits per heavy atom. The molecule has 5 rings (SSSR count). The SMILES string of the molecule is C[C@H]1CN(C(=O)c2c[nH]c(=O)c3ccccc23)Cc2nnc(C3CCOCC3)n21. The zero-order valence-corrected chi connectivity index (χ0v) is 16.3. The normalized spacial score (nSPS) is 20.0. The first kappa shape index (κ1) is 18.1. The Kier molecular flexibility index (Phi) is 4.43. The number of hydrogen-bond acceptors (Lipinski definition) is 5. The lowest BCUT2D eigenvalue weighted by Crippen LogP contribution is -2.41. The topological polar surface area (TPSA) is 93.1 Å². The lowest BCUT2D eigenvalue weighted by molar-refractivity contribution is 0.0670. The van der Waals surface area contributed by atoms with Gasteiger partial charge in [-0.25, -0.2) is 0 Å². The van der Waals surface area contributed by atoms with E-state index in [1.165, 1.54) is 6.20 Å². The standard InChI is InChI=1S/C21H23N5O3/c1-13-11-25(12-18-23-24-19(26(13)18)14-6-8-29-9-7-14)21(28)17-10-22-20(27)16-5-3-2-4-15(16)17/h2-5,10,13-14H,6-9,11-12H2,1H3,(H,22,27)/t13-/m0/s1. The van der Waals surface area contributed by atoms with Crippen molar-refractivity contribution in [2.75, 3.05) is 19.8 Å². The average molecular weight is 393 g/mol. The van der Waals surface area contributed by atoms with E-state index in [0.717, 1.165) is 37.7 Å². The van der Waals surface area contributed by atoms with Crippen LogP contribution in [0.5, 0.6) is 0 Å². The number of pyridine rings is 1. The van der Waals surface area contributed by atoms with E-state index in [0.29, 0.717) is 35.3 Å². The van der Waals surface area contributed by atoms with E-state index >= 15 is 0 Å². The highest BCUT2D eigenvalue weighted by molar-refractivity contribution is 6.06. The summed E-state index contributed by atoms with van der Waals surface area (Å²) in [6.45, 7) is 4.59. The van der Waals surface area contributed by atoms with Gasteiger partial charge in [-0.15, -0.1) is 10.2 Å². The maximum atomic E-state index is 13.3. The molecule has 150 valence electrons. The number of ether oxygens (including phenoxy) is 1. The van der Waals surface area contributed by atoms with Crippen molar-refractivity contribution in [3.8, 4) is 0 Å². The minimum absolute atomic E-state index is 0.0876. The monoisotopic (exact) mass is 393 g/mol. The highest BCUT2D eigenvalue weighted by Crippen LogP contribution is 2.31. The summed E-state index contributed by atoms with van der Waals surface area (Å²) in [5.74, 6) is 2.08. The van der Waals surface area contributed by atoms with E-state index in [4.69, 9.17) is 4.74 Å². The number of aromatic amines is 1. The molecular formula is C21H23N5O3. The number of carbonyl (C=O) groups is 1. The molecule has 0 aliphatic carbocycles. The first-order valence-corrected chi connectivity index (χ1v) is 10.0. The summed E-state index contributed by atoms with van der Waals surface area (Å²) < 4.78 is 7.67. The van der Waals surface area contributed by atoms with Crippen LogP contribution in [0, 0.1) is 0 Å². The number of benzene rings is 1. The van der Waals surface area contributed by atoms with Gasteiger partial charge in [0.15, 0.2) is 5.82 Å². The van der Waals surface area contributed by atoms with Crippen molar-refractivity contribution >= 4 is 16.7 Å². The van der Waals surface area contributed by atoms with Gasteiger partial charge in [-0.2, -0.15) is 0 Å². The van der Waals surface area contributed by atoms with Crippen LogP contribution < -0.4 is 5.56 Å². The maximum absolute atomic E-state index is 13.3. The molecule has 1 N–H and O–H groups in total. The Bertz CT molecular complexity index is 1130. The molecule has 1 atom stereocenters. The van der Waals surface area contributed by atoms with Gasteiger partial charge in [0, 0.05) is 42.6 Å². The number of amides is 1. The highest BCUT2D eigenvalue weighted by Gasteiger charge is 2.33. The quantitative estimate of drug-likeness (QED) is 0.721. The van der Waals surface area contributed by atoms with Gasteiger partial charge in [-0.3, -0.25) is 9.59 Å². The Morgan fingerprint density at radius 2 is 1.93 bits per heavy atom. The van der Waals surface area contributed by atoms with E-state index in [1.807, 2.05) is 12.1 Å². The van der Waals surface area contributed by atoms with Gasteiger partial charge >= 0.3 is 0 Å². The van der Waals surface area contributed by atoms with E-state index in [1.54, 1.807) is 17.0 Å². The molecule has 2 aromatic heterocycles. The fraction of sp³-hybridized carbons (Fsp3) is 0.429. The third-order valence-electron chi connectivity index (χ3n) is 5.96. The molecule has 1 amide bonds. The molecule has 1 aromatic carbocycles. The lowest BCUT2D eigenvalue weighted by Gasteiger charge is -2.34. The van der Waals surface area contributed by atoms with Crippen LogP contribution in [-0.4, -0.2) is 50.3 Å². The second kappa shape index (κ2) is 7.11. The summed E-state index contributed by atoms with van der Waals surface area (Å²) in [4.78, 5) is 29.9. The molecule has 29 heavy (non-hydrogen) atoms. The van der Waals surface area contributed by atoms with Crippen LogP contribution in [0.3, 0.4) is 0 Å². The third kappa shape index (κ3) is 3.04. The van der Waals surface area contributed by atoms with Crippen LogP contribution in [0.4, 0.5) is 0 Å². The van der Waals surface area contributed by atoms with Crippen LogP contribution >= 0.6 is 0 Å². The minimum atomic E-state index is -0.190. The van der Waals surface area contributed by atoms with Crippen molar-refractivity contribution < 1.29 is 9.53 Å². The first-order chi connectivity index (χ1) is 14.1. The molecule has 4 heterocycles. The number of carbonyl (C=O) groups excluding carboxylic acids is 1. The molecule has 8 heteroatoms. The summed E-state index contributed by atoms with van der Waals surface area (Å²) >= 11 is 0. The number of H-pyrrole nitrogens is 1. The summed E-state index contributed by atoms with van der Waals surface area (Å²) in [5.41, 5.74) is 0.315. The van der Waals surface area contributed by atoms with Gasteiger partial charge in [0.1, 0.15) is 5.82 Å². The van der Waals surface area contributed by atoms with Crippen LogP contribution in [0.15, 0.2) is 35.3 Å². The Hall–Kier alpha value is -3.00. The first-order valence-electron chi connectivity index (χ1n) is 10.0. The van der Waals surface area contributed by atoms with Crippen molar-refractivity contribution in [1.82, 2.24) is 24.6 Å². The molecule has 0 saturated carbocycles. The van der Waals surface area contributed by atoms with Crippen LogP contribution in [0.1, 0.15) is 53.7 Å². The highest BCUT2D eigenvalue weighted by atomic mass is 16.5. The Morgan fingerprint density at radius 3 is 2.72 bits per heavy atom. The lowest BCUT2D eigenvalue weighted by atomic mass is 9.98. The maximum Gasteiger partial charge on any atom is 0.256 e. The molecule has 8 nitrogen and oxygen atoms in total. The van der Waals surface area contributed by atoms with Crippen LogP contribution in [0.2, 0.25) is 0 Å². The predicted molar refractivity (Wildman–Crippen MR) is 107 cm³/mol. The van der Waals surface area contributed by atoms with Gasteiger partial charge < -0.3 is 19.2 Å². The molecule has 0 spiro atoms. The molecule has 2 aliphatic heterocycles. The number of aromatic nitrogens is 4. The van der Waals surface area contributed by atoms with Crippen molar-refractivity contribution in [2.45, 2.75) is 38.3 Å². The third-order valence-corrected chi connectivity index (χ3v) is 5.96. The zero-order valence-electron chi connectivity index (χ0n) is 16.3. The van der Waals surface area contributed by atoms with E-state index < -0.39 is 0 Å². The number of fused-ring (bicyclic) bond motifs is 2. The van der Waals surface area contributed by atoms with Crippen LogP contribution in [-0.2, 0) is 11.3 Å². The van der Waals surface area contributed by atoms with Crippen molar-refractivity contribution in [3.05, 3.63) is 58.0 Å². The van der Waals surface area contributed by atoms with E-state index in [9.17, 15) is 9.59 Å². The second-order valence-corrected chi connectivity index (χ2v) is 7.84. The fourth-order valence-electron chi connectivity index (χ4n) is 4.51. The zero-order chi connectivity index (χ0) is 20.0. The van der Waals surface area contributed by atoms with Gasteiger partial charge in [0.2, 0.25) is 0 Å². The number of hydrogen-bond donors (Lipinski definition) is 1. The van der Waals surface area contributed by atoms with Gasteiger partial charge in [-0.1, -0.05) is 18.2 Å². The molecule has 2 aliphatic rings. The Balaban J connectivity index is 1.46. The molecule has 0 bridgehead atoms. The van der Waals surface area contributed by atoms with Crippen molar-refractivity contribution in [1.29, 1.82) is 0 Å². The molecular weight excluding hydrogens is 370 g/mol. The minimum Gasteiger partial charge on any atom is -0.381 e. The molecule has 0 radical (unpaired) electrons. The summed E-state index contributed by atoms with van der Waals surface area (Å²) in [5, 5.41) is 10.1. The molecule has 0 unspecified atom stereocenters. The largest absolute Gasteiger partial charge is 0.381 e. The van der Waals surface area contributed by atoms with Gasteiger partial charge in [0.25, 0.3) is 11.5 Å². The van der Waals surface area contributed by atoms with Gasteiger partial charge in [0.05, 0.1) is 18.2 Å². The van der Waals surface area contributed by atoms with E-state index in [-0.39, 0.29) is 17.5 Å².